The third-order valence-corrected chi connectivity index (χ3v) is 2.02. The van der Waals surface area contributed by atoms with Gasteiger partial charge in [0, 0.05) is 12.5 Å². The van der Waals surface area contributed by atoms with Gasteiger partial charge in [-0.05, 0) is 24.3 Å². The van der Waals surface area contributed by atoms with Gasteiger partial charge in [0.05, 0.1) is 12.3 Å². The third-order valence-electron chi connectivity index (χ3n) is 2.02. The van der Waals surface area contributed by atoms with Gasteiger partial charge in [0.1, 0.15) is 11.6 Å². The molecule has 0 bridgehead atoms. The smallest absolute Gasteiger partial charge is 0.222 e. The zero-order chi connectivity index (χ0) is 11.4. The molecule has 0 aliphatic rings. The molecule has 2 aromatic rings. The van der Waals surface area contributed by atoms with Crippen LogP contribution in [-0.4, -0.2) is 11.8 Å². The number of halogens is 1. The molecule has 0 amide bonds. The Morgan fingerprint density at radius 3 is 2.69 bits per heavy atom. The lowest BCUT2D eigenvalue weighted by atomic mass is 10.3. The van der Waals surface area contributed by atoms with Crippen molar-refractivity contribution in [3.8, 4) is 5.75 Å². The minimum Gasteiger partial charge on any atom is -0.493 e. The molecule has 0 fully saturated rings. The van der Waals surface area contributed by atoms with E-state index in [1.54, 1.807) is 18.2 Å². The SMILES string of the molecule is Nc1cc(CCOc2ccc(F)cc2)no1. The second-order valence-corrected chi connectivity index (χ2v) is 3.27. The van der Waals surface area contributed by atoms with Gasteiger partial charge < -0.3 is 15.0 Å². The molecule has 84 valence electrons. The minimum absolute atomic E-state index is 0.281. The molecule has 0 spiro atoms. The Balaban J connectivity index is 1.82. The Kier molecular flexibility index (Phi) is 3.05. The fraction of sp³-hybridized carbons (Fsp3) is 0.182. The Bertz CT molecular complexity index is 453. The van der Waals surface area contributed by atoms with Crippen LogP contribution >= 0.6 is 0 Å². The molecule has 0 aliphatic carbocycles. The summed E-state index contributed by atoms with van der Waals surface area (Å²) in [6.45, 7) is 0.442. The number of rotatable bonds is 4. The molecule has 0 radical (unpaired) electrons. The van der Waals surface area contributed by atoms with Crippen LogP contribution in [0.2, 0.25) is 0 Å². The van der Waals surface area contributed by atoms with Crippen molar-refractivity contribution >= 4 is 5.88 Å². The molecule has 0 aliphatic heterocycles. The first-order chi connectivity index (χ1) is 7.74. The number of nitrogen functional groups attached to an aromatic ring is 1. The van der Waals surface area contributed by atoms with Gasteiger partial charge in [-0.1, -0.05) is 5.16 Å². The van der Waals surface area contributed by atoms with Crippen molar-refractivity contribution in [1.29, 1.82) is 0 Å². The first-order valence-electron chi connectivity index (χ1n) is 4.83. The minimum atomic E-state index is -0.281. The molecular weight excluding hydrogens is 211 g/mol. The van der Waals surface area contributed by atoms with E-state index < -0.39 is 0 Å². The summed E-state index contributed by atoms with van der Waals surface area (Å²) in [5.74, 6) is 0.631. The number of anilines is 1. The van der Waals surface area contributed by atoms with Crippen LogP contribution in [-0.2, 0) is 6.42 Å². The summed E-state index contributed by atoms with van der Waals surface area (Å²) in [6.07, 6.45) is 0.595. The van der Waals surface area contributed by atoms with Crippen molar-refractivity contribution in [3.63, 3.8) is 0 Å². The first kappa shape index (κ1) is 10.5. The molecule has 0 atom stereocenters. The van der Waals surface area contributed by atoms with Crippen LogP contribution in [0.25, 0.3) is 0 Å². The summed E-state index contributed by atoms with van der Waals surface area (Å²) in [7, 11) is 0. The van der Waals surface area contributed by atoms with E-state index >= 15 is 0 Å². The number of ether oxygens (including phenoxy) is 1. The first-order valence-corrected chi connectivity index (χ1v) is 4.83. The summed E-state index contributed by atoms with van der Waals surface area (Å²) in [6, 6.07) is 7.50. The van der Waals surface area contributed by atoms with Crippen LogP contribution in [0.4, 0.5) is 10.3 Å². The summed E-state index contributed by atoms with van der Waals surface area (Å²) >= 11 is 0. The zero-order valence-corrected chi connectivity index (χ0v) is 8.52. The second kappa shape index (κ2) is 4.65. The monoisotopic (exact) mass is 222 g/mol. The topological polar surface area (TPSA) is 61.3 Å². The normalized spacial score (nSPS) is 10.3. The van der Waals surface area contributed by atoms with E-state index in [1.807, 2.05) is 0 Å². The van der Waals surface area contributed by atoms with Crippen molar-refractivity contribution in [2.45, 2.75) is 6.42 Å². The zero-order valence-electron chi connectivity index (χ0n) is 8.52. The molecule has 0 unspecified atom stereocenters. The highest BCUT2D eigenvalue weighted by Gasteiger charge is 2.01. The molecule has 1 aromatic carbocycles. The van der Waals surface area contributed by atoms with Crippen LogP contribution in [0.1, 0.15) is 5.69 Å². The second-order valence-electron chi connectivity index (χ2n) is 3.27. The van der Waals surface area contributed by atoms with Gasteiger partial charge in [0.25, 0.3) is 0 Å². The Labute approximate surface area is 91.8 Å². The van der Waals surface area contributed by atoms with E-state index in [0.29, 0.717) is 18.8 Å². The van der Waals surface area contributed by atoms with E-state index in [1.165, 1.54) is 12.1 Å². The standard InChI is InChI=1S/C11H11FN2O2/c12-8-1-3-10(4-2-8)15-6-5-9-7-11(13)16-14-9/h1-4,7H,5-6,13H2. The van der Waals surface area contributed by atoms with Crippen LogP contribution in [0.15, 0.2) is 34.9 Å². The maximum absolute atomic E-state index is 12.6. The van der Waals surface area contributed by atoms with Gasteiger partial charge in [0.2, 0.25) is 5.88 Å². The Morgan fingerprint density at radius 2 is 2.06 bits per heavy atom. The van der Waals surface area contributed by atoms with Gasteiger partial charge in [0.15, 0.2) is 0 Å². The Morgan fingerprint density at radius 1 is 1.31 bits per heavy atom. The summed E-state index contributed by atoms with van der Waals surface area (Å²) < 4.78 is 22.7. The van der Waals surface area contributed by atoms with Gasteiger partial charge in [-0.2, -0.15) is 0 Å². The molecule has 1 heterocycles. The van der Waals surface area contributed by atoms with Crippen molar-refractivity contribution in [2.24, 2.45) is 0 Å². The molecule has 2 N–H and O–H groups in total. The number of benzene rings is 1. The molecule has 4 nitrogen and oxygen atoms in total. The molecule has 0 saturated heterocycles. The van der Waals surface area contributed by atoms with E-state index in [0.717, 1.165) is 5.69 Å². The van der Waals surface area contributed by atoms with Crippen LogP contribution < -0.4 is 10.5 Å². The molecule has 1 aromatic heterocycles. The third kappa shape index (κ3) is 2.73. The van der Waals surface area contributed by atoms with Crippen LogP contribution in [0.3, 0.4) is 0 Å². The van der Waals surface area contributed by atoms with Gasteiger partial charge >= 0.3 is 0 Å². The molecule has 2 rings (SSSR count). The average Bonchev–Trinajstić information content (AvgIpc) is 2.67. The highest BCUT2D eigenvalue weighted by atomic mass is 19.1. The van der Waals surface area contributed by atoms with E-state index in [9.17, 15) is 4.39 Å². The van der Waals surface area contributed by atoms with Crippen molar-refractivity contribution in [3.05, 3.63) is 41.8 Å². The Hall–Kier alpha value is -2.04. The van der Waals surface area contributed by atoms with Gasteiger partial charge in [-0.25, -0.2) is 4.39 Å². The largest absolute Gasteiger partial charge is 0.493 e. The maximum atomic E-state index is 12.6. The number of hydrogen-bond donors (Lipinski definition) is 1. The number of hydrogen-bond acceptors (Lipinski definition) is 4. The van der Waals surface area contributed by atoms with Crippen molar-refractivity contribution < 1.29 is 13.7 Å². The lowest BCUT2D eigenvalue weighted by Gasteiger charge is -2.03. The fourth-order valence-corrected chi connectivity index (χ4v) is 1.25. The molecule has 5 heteroatoms. The number of nitrogens with zero attached hydrogens (tertiary/aromatic N) is 1. The summed E-state index contributed by atoms with van der Waals surface area (Å²) in [4.78, 5) is 0. The number of nitrogens with two attached hydrogens (primary N) is 1. The van der Waals surface area contributed by atoms with E-state index in [-0.39, 0.29) is 11.7 Å². The maximum Gasteiger partial charge on any atom is 0.222 e. The predicted octanol–water partition coefficient (Wildman–Crippen LogP) is 2.02. The van der Waals surface area contributed by atoms with Crippen molar-refractivity contribution in [1.82, 2.24) is 5.16 Å². The average molecular weight is 222 g/mol. The van der Waals surface area contributed by atoms with Gasteiger partial charge in [-0.15, -0.1) is 0 Å². The molecule has 16 heavy (non-hydrogen) atoms. The lowest BCUT2D eigenvalue weighted by Crippen LogP contribution is -2.01. The predicted molar refractivity (Wildman–Crippen MR) is 56.5 cm³/mol. The number of aromatic nitrogens is 1. The lowest BCUT2D eigenvalue weighted by molar-refractivity contribution is 0.315. The van der Waals surface area contributed by atoms with Crippen LogP contribution in [0, 0.1) is 5.82 Å². The summed E-state index contributed by atoms with van der Waals surface area (Å²) in [5, 5.41) is 3.72. The van der Waals surface area contributed by atoms with Crippen molar-refractivity contribution in [2.75, 3.05) is 12.3 Å². The molecular formula is C11H11FN2O2. The molecule has 0 saturated carbocycles. The highest BCUT2D eigenvalue weighted by molar-refractivity contribution is 5.25. The van der Waals surface area contributed by atoms with Crippen LogP contribution in [0.5, 0.6) is 5.75 Å². The quantitative estimate of drug-likeness (QED) is 0.859. The van der Waals surface area contributed by atoms with E-state index in [4.69, 9.17) is 15.0 Å². The van der Waals surface area contributed by atoms with Gasteiger partial charge in [-0.3, -0.25) is 0 Å². The fourth-order valence-electron chi connectivity index (χ4n) is 1.25. The highest BCUT2D eigenvalue weighted by Crippen LogP contribution is 2.12. The summed E-state index contributed by atoms with van der Waals surface area (Å²) in [5.41, 5.74) is 6.10. The van der Waals surface area contributed by atoms with E-state index in [2.05, 4.69) is 5.16 Å².